The van der Waals surface area contributed by atoms with Gasteiger partial charge in [0, 0.05) is 11.1 Å². The summed E-state index contributed by atoms with van der Waals surface area (Å²) in [6, 6.07) is 11.8. The smallest absolute Gasteiger partial charge is 0.716 e. The maximum atomic E-state index is 10.7. The van der Waals surface area contributed by atoms with E-state index in [1.165, 1.54) is 35.6 Å². The maximum absolute atomic E-state index is 10.7. The Labute approximate surface area is 228 Å². The van der Waals surface area contributed by atoms with E-state index in [1.54, 1.807) is 24.3 Å². The Balaban J connectivity index is 0.00000240. The van der Waals surface area contributed by atoms with Gasteiger partial charge in [-0.05, 0) is 42.3 Å². The third-order valence-electron chi connectivity index (χ3n) is 3.71. The molecule has 0 spiro atoms. The molecule has 3 aromatic rings. The molecule has 14 heteroatoms. The van der Waals surface area contributed by atoms with Crippen LogP contribution in [0.1, 0.15) is 27.7 Å². The number of nitrogens with zero attached hydrogens (tertiary/aromatic N) is 1. The SMILES string of the molecule is Cc1csc(C(c2ccc(OS(=O)(=O)[O-])cc2)c2ccc(OS(=O)(=O)[O-])cc2)n1.[Na+].[Na+]. The normalized spacial score (nSPS) is 11.4. The average molecular weight is 501 g/mol. The molecule has 0 saturated carbocycles. The summed E-state index contributed by atoms with van der Waals surface area (Å²) in [6.07, 6.45) is 0. The number of hydrogen-bond acceptors (Lipinski definition) is 10. The van der Waals surface area contributed by atoms with Crippen LogP contribution in [0.5, 0.6) is 11.5 Å². The van der Waals surface area contributed by atoms with Gasteiger partial charge >= 0.3 is 59.1 Å². The van der Waals surface area contributed by atoms with E-state index >= 15 is 0 Å². The van der Waals surface area contributed by atoms with Crippen molar-refractivity contribution in [3.8, 4) is 11.5 Å². The summed E-state index contributed by atoms with van der Waals surface area (Å²) in [5.41, 5.74) is 2.25. The molecular formula is C17H13NNa2O8S3. The minimum atomic E-state index is -4.88. The second-order valence-corrected chi connectivity index (χ2v) is 8.74. The Morgan fingerprint density at radius 1 is 0.806 bits per heavy atom. The molecule has 0 saturated heterocycles. The van der Waals surface area contributed by atoms with Gasteiger partial charge in [-0.3, -0.25) is 0 Å². The summed E-state index contributed by atoms with van der Waals surface area (Å²) in [4.78, 5) is 4.49. The topological polar surface area (TPSA) is 146 Å². The van der Waals surface area contributed by atoms with Crippen LogP contribution in [0, 0.1) is 6.92 Å². The van der Waals surface area contributed by atoms with Crippen molar-refractivity contribution >= 4 is 32.1 Å². The van der Waals surface area contributed by atoms with E-state index in [0.717, 1.165) is 21.8 Å². The molecule has 0 bridgehead atoms. The first-order valence-corrected chi connectivity index (χ1v) is 11.5. The molecule has 0 fully saturated rings. The Bertz CT molecular complexity index is 1130. The standard InChI is InChI=1S/C17H15NO8S3.2Na/c1-11-10-27-17(18-11)16(12-2-6-14(7-3-12)25-28(19,20)21)13-4-8-15(9-5-13)26-29(22,23)24;;/h2-10,16H,1H3,(H,19,20,21)(H,22,23,24);;/q;2*+1/p-2. The van der Waals surface area contributed by atoms with Crippen molar-refractivity contribution in [1.29, 1.82) is 0 Å². The predicted molar refractivity (Wildman–Crippen MR) is 101 cm³/mol. The minimum Gasteiger partial charge on any atom is -0.716 e. The maximum Gasteiger partial charge on any atom is 1.00 e. The van der Waals surface area contributed by atoms with Crippen LogP contribution in [0.3, 0.4) is 0 Å². The third-order valence-corrected chi connectivity index (χ3v) is 5.53. The van der Waals surface area contributed by atoms with E-state index in [-0.39, 0.29) is 76.5 Å². The van der Waals surface area contributed by atoms with Crippen molar-refractivity contribution in [2.75, 3.05) is 0 Å². The van der Waals surface area contributed by atoms with Crippen molar-refractivity contribution in [3.05, 3.63) is 75.7 Å². The van der Waals surface area contributed by atoms with Crippen molar-refractivity contribution < 1.29 is 93.4 Å². The molecule has 0 N–H and O–H groups in total. The fourth-order valence-electron chi connectivity index (χ4n) is 2.65. The fourth-order valence-corrected chi connectivity index (χ4v) is 4.29. The molecule has 0 aliphatic rings. The van der Waals surface area contributed by atoms with Crippen LogP contribution in [0.15, 0.2) is 53.9 Å². The zero-order valence-corrected chi connectivity index (χ0v) is 23.2. The summed E-state index contributed by atoms with van der Waals surface area (Å²) in [7, 11) is -9.76. The molecule has 0 radical (unpaired) electrons. The van der Waals surface area contributed by atoms with Gasteiger partial charge in [0.25, 0.3) is 20.8 Å². The van der Waals surface area contributed by atoms with Gasteiger partial charge in [-0.25, -0.2) is 21.8 Å². The second kappa shape index (κ2) is 11.6. The summed E-state index contributed by atoms with van der Waals surface area (Å²) < 4.78 is 73.0. The molecule has 3 rings (SSSR count). The molecule has 0 aliphatic carbocycles. The van der Waals surface area contributed by atoms with Crippen molar-refractivity contribution in [3.63, 3.8) is 0 Å². The Kier molecular flexibility index (Phi) is 10.6. The summed E-state index contributed by atoms with van der Waals surface area (Å²) in [5.74, 6) is -0.617. The van der Waals surface area contributed by atoms with Gasteiger partial charge in [-0.2, -0.15) is 0 Å². The van der Waals surface area contributed by atoms with E-state index in [9.17, 15) is 25.9 Å². The molecule has 0 amide bonds. The zero-order chi connectivity index (χ0) is 21.2. The Hall–Kier alpha value is -0.510. The number of thiazole rings is 1. The van der Waals surface area contributed by atoms with Crippen LogP contribution in [0.4, 0.5) is 0 Å². The Morgan fingerprint density at radius 2 is 1.19 bits per heavy atom. The molecule has 9 nitrogen and oxygen atoms in total. The van der Waals surface area contributed by atoms with E-state index in [0.29, 0.717) is 0 Å². The largest absolute Gasteiger partial charge is 1.00 e. The van der Waals surface area contributed by atoms with E-state index in [4.69, 9.17) is 0 Å². The molecule has 0 unspecified atom stereocenters. The second-order valence-electron chi connectivity index (χ2n) is 5.88. The number of aromatic nitrogens is 1. The number of aryl methyl sites for hydroxylation is 1. The minimum absolute atomic E-state index is 0. The van der Waals surface area contributed by atoms with Gasteiger partial charge in [0.15, 0.2) is 0 Å². The predicted octanol–water partition coefficient (Wildman–Crippen LogP) is -3.68. The summed E-state index contributed by atoms with van der Waals surface area (Å²) >= 11 is 1.41. The number of benzene rings is 2. The first kappa shape index (κ1) is 28.5. The molecule has 0 aliphatic heterocycles. The summed E-state index contributed by atoms with van der Waals surface area (Å²) in [6.45, 7) is 1.84. The van der Waals surface area contributed by atoms with E-state index in [1.807, 2.05) is 12.3 Å². The molecular weight excluding hydrogens is 488 g/mol. The Morgan fingerprint density at radius 3 is 1.48 bits per heavy atom. The number of hydrogen-bond donors (Lipinski definition) is 0. The monoisotopic (exact) mass is 501 g/mol. The van der Waals surface area contributed by atoms with Crippen molar-refractivity contribution in [2.24, 2.45) is 0 Å². The average Bonchev–Trinajstić information content (AvgIpc) is 3.01. The van der Waals surface area contributed by atoms with Gasteiger partial charge in [-0.15, -0.1) is 11.3 Å². The fraction of sp³-hybridized carbons (Fsp3) is 0.118. The van der Waals surface area contributed by atoms with Gasteiger partial charge in [0.2, 0.25) is 0 Å². The van der Waals surface area contributed by atoms with Crippen molar-refractivity contribution in [2.45, 2.75) is 12.8 Å². The molecule has 31 heavy (non-hydrogen) atoms. The molecule has 1 heterocycles. The van der Waals surface area contributed by atoms with Crippen LogP contribution < -0.4 is 67.5 Å². The van der Waals surface area contributed by atoms with Gasteiger partial charge in [0.05, 0.1) is 5.92 Å². The molecule has 0 atom stereocenters. The van der Waals surface area contributed by atoms with Crippen LogP contribution >= 0.6 is 11.3 Å². The van der Waals surface area contributed by atoms with Crippen LogP contribution in [0.25, 0.3) is 0 Å². The molecule has 2 aromatic carbocycles. The zero-order valence-electron chi connectivity index (χ0n) is 16.7. The quantitative estimate of drug-likeness (QED) is 0.181. The van der Waals surface area contributed by atoms with E-state index in [2.05, 4.69) is 13.4 Å². The van der Waals surface area contributed by atoms with Gasteiger partial charge in [0.1, 0.15) is 16.5 Å². The number of rotatable bonds is 7. The summed E-state index contributed by atoms with van der Waals surface area (Å²) in [5, 5.41) is 2.60. The van der Waals surface area contributed by atoms with Crippen LogP contribution in [-0.2, 0) is 20.8 Å². The van der Waals surface area contributed by atoms with Crippen LogP contribution in [-0.4, -0.2) is 30.9 Å². The van der Waals surface area contributed by atoms with Crippen molar-refractivity contribution in [1.82, 2.24) is 4.98 Å². The molecule has 154 valence electrons. The third kappa shape index (κ3) is 8.74. The molecule has 1 aromatic heterocycles. The van der Waals surface area contributed by atoms with Crippen LogP contribution in [0.2, 0.25) is 0 Å². The first-order valence-electron chi connectivity index (χ1n) is 7.93. The van der Waals surface area contributed by atoms with E-state index < -0.39 is 20.8 Å². The van der Waals surface area contributed by atoms with Gasteiger partial charge in [-0.1, -0.05) is 24.3 Å². The van der Waals surface area contributed by atoms with Gasteiger partial charge < -0.3 is 17.5 Å². The first-order chi connectivity index (χ1) is 13.5.